The van der Waals surface area contributed by atoms with Crippen LogP contribution in [0.1, 0.15) is 22.7 Å². The predicted octanol–water partition coefficient (Wildman–Crippen LogP) is 3.33. The van der Waals surface area contributed by atoms with E-state index in [2.05, 4.69) is 39.6 Å². The first-order chi connectivity index (χ1) is 12.8. The number of aliphatic hydroxyl groups is 1. The van der Waals surface area contributed by atoms with Crippen LogP contribution in [0.25, 0.3) is 11.1 Å². The fourth-order valence-electron chi connectivity index (χ4n) is 3.32. The molecule has 26 heavy (non-hydrogen) atoms. The van der Waals surface area contributed by atoms with E-state index in [-0.39, 0.29) is 24.9 Å². The van der Waals surface area contributed by atoms with Crippen LogP contribution in [0.5, 0.6) is 0 Å². The van der Waals surface area contributed by atoms with Crippen molar-refractivity contribution in [3.63, 3.8) is 0 Å². The van der Waals surface area contributed by atoms with Crippen LogP contribution in [0.15, 0.2) is 60.9 Å². The molecule has 0 atom stereocenters. The van der Waals surface area contributed by atoms with E-state index >= 15 is 0 Å². The first-order valence-corrected chi connectivity index (χ1v) is 8.30. The molecule has 6 heteroatoms. The van der Waals surface area contributed by atoms with Crippen molar-refractivity contribution in [2.75, 3.05) is 11.9 Å². The van der Waals surface area contributed by atoms with Gasteiger partial charge in [0.05, 0.1) is 6.61 Å². The second-order valence-electron chi connectivity index (χ2n) is 5.96. The standard InChI is InChI=1S/C20H17N3O3/c24-11-18-19(22-10-9-21-18)23-20(25)26-12-17-15-7-3-1-5-13(15)14-6-2-4-8-16(14)17/h1-10,17,24H,11-12H2,(H,22,23,25). The number of benzene rings is 2. The van der Waals surface area contributed by atoms with E-state index < -0.39 is 6.09 Å². The second-order valence-corrected chi connectivity index (χ2v) is 5.96. The summed E-state index contributed by atoms with van der Waals surface area (Å²) in [5, 5.41) is 11.8. The van der Waals surface area contributed by atoms with E-state index in [0.29, 0.717) is 5.69 Å². The molecule has 0 radical (unpaired) electrons. The maximum atomic E-state index is 12.2. The second kappa shape index (κ2) is 6.93. The molecule has 0 aliphatic heterocycles. The SMILES string of the molecule is O=C(Nc1nccnc1CO)OCC1c2ccccc2-c2ccccc21. The minimum atomic E-state index is -0.623. The largest absolute Gasteiger partial charge is 0.448 e. The van der Waals surface area contributed by atoms with Gasteiger partial charge in [-0.1, -0.05) is 48.5 Å². The quantitative estimate of drug-likeness (QED) is 0.756. The number of nitrogens with zero attached hydrogens (tertiary/aromatic N) is 2. The molecule has 0 bridgehead atoms. The first-order valence-electron chi connectivity index (χ1n) is 8.30. The number of fused-ring (bicyclic) bond motifs is 3. The van der Waals surface area contributed by atoms with Gasteiger partial charge in [-0.05, 0) is 22.3 Å². The minimum Gasteiger partial charge on any atom is -0.448 e. The van der Waals surface area contributed by atoms with Gasteiger partial charge in [0.2, 0.25) is 0 Å². The molecule has 1 amide bonds. The van der Waals surface area contributed by atoms with Crippen LogP contribution < -0.4 is 5.32 Å². The Hall–Kier alpha value is -3.25. The van der Waals surface area contributed by atoms with Crippen molar-refractivity contribution in [1.29, 1.82) is 0 Å². The van der Waals surface area contributed by atoms with Crippen molar-refractivity contribution >= 4 is 11.9 Å². The summed E-state index contributed by atoms with van der Waals surface area (Å²) in [7, 11) is 0. The van der Waals surface area contributed by atoms with Crippen LogP contribution in [-0.4, -0.2) is 27.8 Å². The summed E-state index contributed by atoms with van der Waals surface area (Å²) in [5.74, 6) is 0.194. The van der Waals surface area contributed by atoms with Gasteiger partial charge in [-0.2, -0.15) is 0 Å². The van der Waals surface area contributed by atoms with Crippen molar-refractivity contribution < 1.29 is 14.6 Å². The van der Waals surface area contributed by atoms with Gasteiger partial charge in [0.1, 0.15) is 12.3 Å². The van der Waals surface area contributed by atoms with E-state index in [0.717, 1.165) is 11.1 Å². The van der Waals surface area contributed by atoms with Gasteiger partial charge in [-0.25, -0.2) is 9.78 Å². The highest BCUT2D eigenvalue weighted by molar-refractivity contribution is 5.84. The van der Waals surface area contributed by atoms with E-state index in [9.17, 15) is 9.90 Å². The number of aliphatic hydroxyl groups excluding tert-OH is 1. The van der Waals surface area contributed by atoms with E-state index in [1.54, 1.807) is 0 Å². The normalized spacial score (nSPS) is 12.3. The summed E-state index contributed by atoms with van der Waals surface area (Å²) < 4.78 is 5.44. The molecule has 2 aromatic carbocycles. The first kappa shape index (κ1) is 16.2. The van der Waals surface area contributed by atoms with Gasteiger partial charge < -0.3 is 9.84 Å². The molecule has 1 aliphatic carbocycles. The number of rotatable bonds is 4. The molecule has 0 saturated carbocycles. The fraction of sp³-hybridized carbons (Fsp3) is 0.150. The summed E-state index contributed by atoms with van der Waals surface area (Å²) in [6.45, 7) is -0.0958. The van der Waals surface area contributed by atoms with Crippen LogP contribution in [0.3, 0.4) is 0 Å². The molecular formula is C20H17N3O3. The van der Waals surface area contributed by atoms with Crippen LogP contribution in [-0.2, 0) is 11.3 Å². The van der Waals surface area contributed by atoms with Crippen molar-refractivity contribution in [3.05, 3.63) is 77.7 Å². The van der Waals surface area contributed by atoms with Crippen LogP contribution in [0, 0.1) is 0 Å². The zero-order valence-corrected chi connectivity index (χ0v) is 13.9. The molecule has 0 saturated heterocycles. The molecule has 0 unspecified atom stereocenters. The Labute approximate surface area is 150 Å². The summed E-state index contributed by atoms with van der Waals surface area (Å²) in [6, 6.07) is 16.3. The van der Waals surface area contributed by atoms with E-state index in [1.807, 2.05) is 24.3 Å². The third-order valence-electron chi connectivity index (χ3n) is 4.49. The van der Waals surface area contributed by atoms with Crippen molar-refractivity contribution in [1.82, 2.24) is 9.97 Å². The summed E-state index contributed by atoms with van der Waals surface area (Å²) in [5.41, 5.74) is 4.94. The number of anilines is 1. The van der Waals surface area contributed by atoms with Gasteiger partial charge in [-0.15, -0.1) is 0 Å². The van der Waals surface area contributed by atoms with Crippen LogP contribution in [0.4, 0.5) is 10.6 Å². The Morgan fingerprint density at radius 3 is 2.27 bits per heavy atom. The monoisotopic (exact) mass is 347 g/mol. The molecule has 1 aromatic heterocycles. The molecule has 6 nitrogen and oxygen atoms in total. The van der Waals surface area contributed by atoms with Gasteiger partial charge >= 0.3 is 6.09 Å². The van der Waals surface area contributed by atoms with Gasteiger partial charge in [0.15, 0.2) is 5.82 Å². The Morgan fingerprint density at radius 2 is 1.62 bits per heavy atom. The zero-order chi connectivity index (χ0) is 17.9. The average molecular weight is 347 g/mol. The Kier molecular flexibility index (Phi) is 4.33. The molecule has 130 valence electrons. The van der Waals surface area contributed by atoms with Gasteiger partial charge in [0, 0.05) is 18.3 Å². The Morgan fingerprint density at radius 1 is 1.00 bits per heavy atom. The lowest BCUT2D eigenvalue weighted by molar-refractivity contribution is 0.158. The molecule has 1 heterocycles. The highest BCUT2D eigenvalue weighted by atomic mass is 16.5. The summed E-state index contributed by atoms with van der Waals surface area (Å²) in [6.07, 6.45) is 2.27. The molecule has 4 rings (SSSR count). The number of hydrogen-bond acceptors (Lipinski definition) is 5. The number of hydrogen-bond donors (Lipinski definition) is 2. The zero-order valence-electron chi connectivity index (χ0n) is 13.9. The van der Waals surface area contributed by atoms with Crippen LogP contribution >= 0.6 is 0 Å². The van der Waals surface area contributed by atoms with E-state index in [4.69, 9.17) is 4.74 Å². The van der Waals surface area contributed by atoms with Crippen molar-refractivity contribution in [3.8, 4) is 11.1 Å². The molecule has 2 N–H and O–H groups in total. The third-order valence-corrected chi connectivity index (χ3v) is 4.49. The summed E-state index contributed by atoms with van der Waals surface area (Å²) >= 11 is 0. The van der Waals surface area contributed by atoms with E-state index in [1.165, 1.54) is 23.5 Å². The Balaban J connectivity index is 1.50. The van der Waals surface area contributed by atoms with Crippen molar-refractivity contribution in [2.45, 2.75) is 12.5 Å². The summed E-state index contributed by atoms with van der Waals surface area (Å²) in [4.78, 5) is 20.1. The number of carbonyl (C=O) groups excluding carboxylic acids is 1. The van der Waals surface area contributed by atoms with Gasteiger partial charge in [-0.3, -0.25) is 10.3 Å². The highest BCUT2D eigenvalue weighted by Crippen LogP contribution is 2.44. The number of amides is 1. The predicted molar refractivity (Wildman–Crippen MR) is 96.6 cm³/mol. The molecule has 0 fully saturated rings. The average Bonchev–Trinajstić information content (AvgIpc) is 3.01. The number of ether oxygens (including phenoxy) is 1. The lowest BCUT2D eigenvalue weighted by Crippen LogP contribution is -2.19. The lowest BCUT2D eigenvalue weighted by Gasteiger charge is -2.14. The molecule has 0 spiro atoms. The molecular weight excluding hydrogens is 330 g/mol. The minimum absolute atomic E-state index is 0.00711. The third kappa shape index (κ3) is 2.91. The van der Waals surface area contributed by atoms with Gasteiger partial charge in [0.25, 0.3) is 0 Å². The van der Waals surface area contributed by atoms with Crippen LogP contribution in [0.2, 0.25) is 0 Å². The number of nitrogens with one attached hydrogen (secondary N) is 1. The molecule has 1 aliphatic rings. The topological polar surface area (TPSA) is 84.3 Å². The highest BCUT2D eigenvalue weighted by Gasteiger charge is 2.29. The maximum Gasteiger partial charge on any atom is 0.412 e. The Bertz CT molecular complexity index is 913. The maximum absolute atomic E-state index is 12.2. The number of carbonyl (C=O) groups is 1. The van der Waals surface area contributed by atoms with Crippen molar-refractivity contribution in [2.24, 2.45) is 0 Å². The fourth-order valence-corrected chi connectivity index (χ4v) is 3.32. The molecule has 3 aromatic rings. The smallest absolute Gasteiger partial charge is 0.412 e. The lowest BCUT2D eigenvalue weighted by atomic mass is 9.98. The number of aromatic nitrogens is 2.